The van der Waals surface area contributed by atoms with Crippen molar-refractivity contribution in [1.29, 1.82) is 0 Å². The highest BCUT2D eigenvalue weighted by Crippen LogP contribution is 2.16. The Morgan fingerprint density at radius 2 is 2.05 bits per heavy atom. The third-order valence-corrected chi connectivity index (χ3v) is 3.76. The highest BCUT2D eigenvalue weighted by Gasteiger charge is 2.23. The van der Waals surface area contributed by atoms with Crippen molar-refractivity contribution in [3.05, 3.63) is 35.4 Å². The van der Waals surface area contributed by atoms with Crippen LogP contribution in [0.3, 0.4) is 0 Å². The van der Waals surface area contributed by atoms with E-state index in [1.165, 1.54) is 19.1 Å². The molecule has 104 valence electrons. The summed E-state index contributed by atoms with van der Waals surface area (Å²) in [5, 5.41) is 0. The van der Waals surface area contributed by atoms with Gasteiger partial charge in [-0.1, -0.05) is 12.1 Å². The standard InChI is InChI=1S/C15H22N2O2/c1-16(2)14-8-9-17(11-14)10-12-4-6-13(7-5-12)15(18)19-3/h4-7,14H,8-11H2,1-3H3/t14-/m1/s1. The van der Waals surface area contributed by atoms with E-state index in [4.69, 9.17) is 4.74 Å². The van der Waals surface area contributed by atoms with Crippen molar-refractivity contribution in [3.8, 4) is 0 Å². The minimum absolute atomic E-state index is 0.277. The van der Waals surface area contributed by atoms with Gasteiger partial charge in [0, 0.05) is 25.7 Å². The average molecular weight is 262 g/mol. The molecule has 0 saturated carbocycles. The molecule has 4 heteroatoms. The first kappa shape index (κ1) is 14.0. The summed E-state index contributed by atoms with van der Waals surface area (Å²) in [6, 6.07) is 8.35. The second-order valence-electron chi connectivity index (χ2n) is 5.33. The topological polar surface area (TPSA) is 32.8 Å². The number of likely N-dealkylation sites (tertiary alicyclic amines) is 1. The Hall–Kier alpha value is -1.39. The van der Waals surface area contributed by atoms with Gasteiger partial charge in [0.2, 0.25) is 0 Å². The van der Waals surface area contributed by atoms with Crippen LogP contribution in [0, 0.1) is 0 Å². The van der Waals surface area contributed by atoms with Crippen molar-refractivity contribution >= 4 is 5.97 Å². The SMILES string of the molecule is COC(=O)c1ccc(CN2CC[C@@H](N(C)C)C2)cc1. The molecule has 1 aliphatic rings. The van der Waals surface area contributed by atoms with E-state index in [0.717, 1.165) is 19.6 Å². The third-order valence-electron chi connectivity index (χ3n) is 3.76. The number of carbonyl (C=O) groups is 1. The first-order valence-corrected chi connectivity index (χ1v) is 6.66. The number of carbonyl (C=O) groups excluding carboxylic acids is 1. The Bertz CT molecular complexity index is 428. The number of benzene rings is 1. The molecule has 4 nitrogen and oxygen atoms in total. The van der Waals surface area contributed by atoms with Crippen LogP contribution in [0.1, 0.15) is 22.3 Å². The maximum Gasteiger partial charge on any atom is 0.337 e. The summed E-state index contributed by atoms with van der Waals surface area (Å²) in [6.07, 6.45) is 1.23. The Kier molecular flexibility index (Phi) is 4.56. The van der Waals surface area contributed by atoms with E-state index in [-0.39, 0.29) is 5.97 Å². The van der Waals surface area contributed by atoms with Crippen LogP contribution >= 0.6 is 0 Å². The maximum absolute atomic E-state index is 11.3. The normalized spacial score (nSPS) is 19.9. The number of hydrogen-bond acceptors (Lipinski definition) is 4. The molecule has 0 N–H and O–H groups in total. The highest BCUT2D eigenvalue weighted by molar-refractivity contribution is 5.89. The molecule has 1 heterocycles. The molecule has 0 unspecified atom stereocenters. The van der Waals surface area contributed by atoms with Crippen LogP contribution < -0.4 is 0 Å². The summed E-state index contributed by atoms with van der Waals surface area (Å²) in [7, 11) is 5.68. The third kappa shape index (κ3) is 3.55. The smallest absolute Gasteiger partial charge is 0.337 e. The first-order valence-electron chi connectivity index (χ1n) is 6.66. The Morgan fingerprint density at radius 1 is 1.37 bits per heavy atom. The number of likely N-dealkylation sites (N-methyl/N-ethyl adjacent to an activating group) is 1. The predicted molar refractivity (Wildman–Crippen MR) is 75.2 cm³/mol. The lowest BCUT2D eigenvalue weighted by molar-refractivity contribution is 0.0600. The molecule has 2 rings (SSSR count). The minimum Gasteiger partial charge on any atom is -0.465 e. The lowest BCUT2D eigenvalue weighted by Gasteiger charge is -2.20. The van der Waals surface area contributed by atoms with E-state index in [1.54, 1.807) is 0 Å². The van der Waals surface area contributed by atoms with Gasteiger partial charge in [-0.2, -0.15) is 0 Å². The Morgan fingerprint density at radius 3 is 2.58 bits per heavy atom. The van der Waals surface area contributed by atoms with Crippen molar-refractivity contribution in [2.45, 2.75) is 19.0 Å². The summed E-state index contributed by atoms with van der Waals surface area (Å²) in [6.45, 7) is 3.21. The van der Waals surface area contributed by atoms with E-state index in [1.807, 2.05) is 24.3 Å². The molecule has 1 saturated heterocycles. The first-order chi connectivity index (χ1) is 9.10. The number of ether oxygens (including phenoxy) is 1. The van der Waals surface area contributed by atoms with E-state index >= 15 is 0 Å². The van der Waals surface area contributed by atoms with E-state index < -0.39 is 0 Å². The largest absolute Gasteiger partial charge is 0.465 e. The van der Waals surface area contributed by atoms with Crippen molar-refractivity contribution in [2.24, 2.45) is 0 Å². The van der Waals surface area contributed by atoms with Crippen molar-refractivity contribution in [2.75, 3.05) is 34.3 Å². The number of hydrogen-bond donors (Lipinski definition) is 0. The van der Waals surface area contributed by atoms with Crippen LogP contribution in [0.25, 0.3) is 0 Å². The molecule has 1 atom stereocenters. The molecular weight excluding hydrogens is 240 g/mol. The summed E-state index contributed by atoms with van der Waals surface area (Å²) < 4.78 is 4.70. The van der Waals surface area contributed by atoms with Crippen LogP contribution in [0.4, 0.5) is 0 Å². The quantitative estimate of drug-likeness (QED) is 0.772. The molecule has 19 heavy (non-hydrogen) atoms. The molecule has 1 aromatic carbocycles. The average Bonchev–Trinajstić information content (AvgIpc) is 2.87. The summed E-state index contributed by atoms with van der Waals surface area (Å²) in [5.74, 6) is -0.277. The number of methoxy groups -OCH3 is 1. The van der Waals surface area contributed by atoms with Gasteiger partial charge in [0.05, 0.1) is 12.7 Å². The fraction of sp³-hybridized carbons (Fsp3) is 0.533. The molecule has 0 aromatic heterocycles. The number of nitrogens with zero attached hydrogens (tertiary/aromatic N) is 2. The van der Waals surface area contributed by atoms with Crippen LogP contribution in [-0.4, -0.2) is 56.1 Å². The second-order valence-corrected chi connectivity index (χ2v) is 5.33. The lowest BCUT2D eigenvalue weighted by atomic mass is 10.1. The van der Waals surface area contributed by atoms with Gasteiger partial charge in [0.25, 0.3) is 0 Å². The molecule has 0 radical (unpaired) electrons. The van der Waals surface area contributed by atoms with Crippen molar-refractivity contribution in [1.82, 2.24) is 9.80 Å². The van der Waals surface area contributed by atoms with Gasteiger partial charge < -0.3 is 9.64 Å². The Labute approximate surface area is 115 Å². The van der Waals surface area contributed by atoms with Gasteiger partial charge in [-0.15, -0.1) is 0 Å². The maximum atomic E-state index is 11.3. The molecule has 1 fully saturated rings. The van der Waals surface area contributed by atoms with Gasteiger partial charge in [0.15, 0.2) is 0 Å². The van der Waals surface area contributed by atoms with Gasteiger partial charge in [-0.3, -0.25) is 4.90 Å². The molecule has 0 aliphatic carbocycles. The zero-order valence-electron chi connectivity index (χ0n) is 11.9. The highest BCUT2D eigenvalue weighted by atomic mass is 16.5. The van der Waals surface area contributed by atoms with Gasteiger partial charge in [-0.05, 0) is 38.2 Å². The molecular formula is C15H22N2O2. The monoisotopic (exact) mass is 262 g/mol. The zero-order valence-corrected chi connectivity index (χ0v) is 11.9. The van der Waals surface area contributed by atoms with Crippen LogP contribution in [0.15, 0.2) is 24.3 Å². The van der Waals surface area contributed by atoms with Crippen LogP contribution in [0.5, 0.6) is 0 Å². The molecule has 0 amide bonds. The van der Waals surface area contributed by atoms with Crippen molar-refractivity contribution < 1.29 is 9.53 Å². The molecule has 0 spiro atoms. The molecule has 0 bridgehead atoms. The fourth-order valence-electron chi connectivity index (χ4n) is 2.50. The summed E-state index contributed by atoms with van der Waals surface area (Å²) >= 11 is 0. The predicted octanol–water partition coefficient (Wildman–Crippen LogP) is 1.61. The second kappa shape index (κ2) is 6.17. The Balaban J connectivity index is 1.92. The zero-order chi connectivity index (χ0) is 13.8. The van der Waals surface area contributed by atoms with Gasteiger partial charge in [0.1, 0.15) is 0 Å². The number of esters is 1. The lowest BCUT2D eigenvalue weighted by Crippen LogP contribution is -2.31. The van der Waals surface area contributed by atoms with Gasteiger partial charge >= 0.3 is 5.97 Å². The van der Waals surface area contributed by atoms with Crippen LogP contribution in [0.2, 0.25) is 0 Å². The molecule has 1 aromatic rings. The summed E-state index contributed by atoms with van der Waals surface area (Å²) in [4.78, 5) is 16.1. The summed E-state index contributed by atoms with van der Waals surface area (Å²) in [5.41, 5.74) is 1.85. The van der Waals surface area contributed by atoms with E-state index in [2.05, 4.69) is 23.9 Å². The minimum atomic E-state index is -0.277. The molecule has 1 aliphatic heterocycles. The van der Waals surface area contributed by atoms with Crippen LogP contribution in [-0.2, 0) is 11.3 Å². The fourth-order valence-corrected chi connectivity index (χ4v) is 2.50. The number of rotatable bonds is 4. The van der Waals surface area contributed by atoms with E-state index in [0.29, 0.717) is 11.6 Å². The van der Waals surface area contributed by atoms with E-state index in [9.17, 15) is 4.79 Å². The van der Waals surface area contributed by atoms with Crippen molar-refractivity contribution in [3.63, 3.8) is 0 Å². The van der Waals surface area contributed by atoms with Gasteiger partial charge in [-0.25, -0.2) is 4.79 Å².